The zero-order valence-corrected chi connectivity index (χ0v) is 11.1. The van der Waals surface area contributed by atoms with Gasteiger partial charge in [-0.2, -0.15) is 0 Å². The van der Waals surface area contributed by atoms with Crippen molar-refractivity contribution >= 4 is 11.8 Å². The summed E-state index contributed by atoms with van der Waals surface area (Å²) in [4.78, 5) is 1.51. The van der Waals surface area contributed by atoms with E-state index in [0.717, 1.165) is 24.3 Å². The fourth-order valence-electron chi connectivity index (χ4n) is 3.52. The van der Waals surface area contributed by atoms with Crippen LogP contribution in [0.4, 0.5) is 0 Å². The van der Waals surface area contributed by atoms with Gasteiger partial charge in [0.1, 0.15) is 0 Å². The van der Waals surface area contributed by atoms with Crippen molar-refractivity contribution in [2.45, 2.75) is 36.5 Å². The Morgan fingerprint density at radius 2 is 2.00 bits per heavy atom. The maximum absolute atomic E-state index is 5.89. The Bertz CT molecular complexity index is 390. The lowest BCUT2D eigenvalue weighted by molar-refractivity contribution is 0.353. The molecule has 2 N–H and O–H groups in total. The molecule has 0 amide bonds. The van der Waals surface area contributed by atoms with Crippen LogP contribution in [-0.2, 0) is 0 Å². The van der Waals surface area contributed by atoms with E-state index < -0.39 is 0 Å². The highest BCUT2D eigenvalue weighted by molar-refractivity contribution is 7.99. The van der Waals surface area contributed by atoms with Crippen LogP contribution in [0.3, 0.4) is 0 Å². The Balaban J connectivity index is 1.71. The third kappa shape index (κ3) is 2.25. The van der Waals surface area contributed by atoms with E-state index >= 15 is 0 Å². The monoisotopic (exact) mass is 247 g/mol. The minimum absolute atomic E-state index is 0.786. The summed E-state index contributed by atoms with van der Waals surface area (Å²) in [6.07, 6.45) is 5.54. The van der Waals surface area contributed by atoms with E-state index in [0.29, 0.717) is 0 Å². The second kappa shape index (κ2) is 5.03. The second-order valence-corrected chi connectivity index (χ2v) is 6.53. The van der Waals surface area contributed by atoms with Gasteiger partial charge in [-0.15, -0.1) is 11.8 Å². The van der Waals surface area contributed by atoms with E-state index in [-0.39, 0.29) is 0 Å². The zero-order chi connectivity index (χ0) is 11.7. The molecule has 1 aromatic carbocycles. The van der Waals surface area contributed by atoms with Crippen LogP contribution in [0.15, 0.2) is 29.2 Å². The van der Waals surface area contributed by atoms with Gasteiger partial charge < -0.3 is 5.73 Å². The number of rotatable bonds is 3. The molecule has 0 radical (unpaired) electrons. The van der Waals surface area contributed by atoms with Crippen LogP contribution in [0.2, 0.25) is 0 Å². The summed E-state index contributed by atoms with van der Waals surface area (Å²) < 4.78 is 0. The van der Waals surface area contributed by atoms with Crippen LogP contribution in [0.1, 0.15) is 37.2 Å². The summed E-state index contributed by atoms with van der Waals surface area (Å²) >= 11 is 2.04. The smallest absolute Gasteiger partial charge is 0.0107 e. The van der Waals surface area contributed by atoms with Gasteiger partial charge in [0.25, 0.3) is 0 Å². The minimum atomic E-state index is 0.786. The Morgan fingerprint density at radius 3 is 2.88 bits per heavy atom. The summed E-state index contributed by atoms with van der Waals surface area (Å²) in [6.45, 7) is 0.895. The highest BCUT2D eigenvalue weighted by Crippen LogP contribution is 2.45. The van der Waals surface area contributed by atoms with Gasteiger partial charge in [-0.3, -0.25) is 0 Å². The molecule has 1 nitrogen and oxygen atoms in total. The van der Waals surface area contributed by atoms with E-state index in [1.54, 1.807) is 5.56 Å². The average Bonchev–Trinajstić information content (AvgIpc) is 2.97. The van der Waals surface area contributed by atoms with Gasteiger partial charge in [-0.05, 0) is 48.8 Å². The lowest BCUT2D eigenvalue weighted by Gasteiger charge is -2.21. The molecule has 1 heterocycles. The molecule has 1 aliphatic heterocycles. The molecule has 3 unspecified atom stereocenters. The molecule has 3 rings (SSSR count). The third-order valence-corrected chi connectivity index (χ3v) is 5.76. The van der Waals surface area contributed by atoms with Crippen LogP contribution >= 0.6 is 11.8 Å². The Kier molecular flexibility index (Phi) is 3.44. The van der Waals surface area contributed by atoms with Crippen LogP contribution in [0, 0.1) is 11.8 Å². The SMILES string of the molecule is NCC1CCCC1CC1CSc2ccccc21. The molecule has 3 atom stereocenters. The number of hydrogen-bond acceptors (Lipinski definition) is 2. The fourth-order valence-corrected chi connectivity index (χ4v) is 4.80. The van der Waals surface area contributed by atoms with Gasteiger partial charge in [-0.25, -0.2) is 0 Å². The fraction of sp³-hybridized carbons (Fsp3) is 0.600. The third-order valence-electron chi connectivity index (χ3n) is 4.51. The maximum atomic E-state index is 5.89. The lowest BCUT2D eigenvalue weighted by Crippen LogP contribution is -2.20. The molecule has 17 heavy (non-hydrogen) atoms. The molecule has 0 saturated heterocycles. The molecule has 1 aromatic rings. The van der Waals surface area contributed by atoms with Crippen molar-refractivity contribution in [3.05, 3.63) is 29.8 Å². The second-order valence-electron chi connectivity index (χ2n) is 5.47. The van der Waals surface area contributed by atoms with Crippen molar-refractivity contribution in [1.29, 1.82) is 0 Å². The Morgan fingerprint density at radius 1 is 1.18 bits per heavy atom. The number of nitrogens with two attached hydrogens (primary N) is 1. The summed E-state index contributed by atoms with van der Waals surface area (Å²) in [6, 6.07) is 8.95. The highest BCUT2D eigenvalue weighted by Gasteiger charge is 2.31. The first-order valence-corrected chi connectivity index (χ1v) is 7.79. The van der Waals surface area contributed by atoms with Crippen molar-refractivity contribution in [3.63, 3.8) is 0 Å². The van der Waals surface area contributed by atoms with Crippen LogP contribution in [0.25, 0.3) is 0 Å². The number of thioether (sulfide) groups is 1. The predicted octanol–water partition coefficient (Wildman–Crippen LogP) is 3.64. The van der Waals surface area contributed by atoms with Crippen molar-refractivity contribution in [1.82, 2.24) is 0 Å². The van der Waals surface area contributed by atoms with Gasteiger partial charge in [-0.1, -0.05) is 31.0 Å². The summed E-state index contributed by atoms with van der Waals surface area (Å²) in [5.41, 5.74) is 7.49. The predicted molar refractivity (Wildman–Crippen MR) is 74.4 cm³/mol. The highest BCUT2D eigenvalue weighted by atomic mass is 32.2. The van der Waals surface area contributed by atoms with Crippen LogP contribution in [-0.4, -0.2) is 12.3 Å². The maximum Gasteiger partial charge on any atom is 0.0107 e. The number of fused-ring (bicyclic) bond motifs is 1. The van der Waals surface area contributed by atoms with Crippen molar-refractivity contribution in [2.24, 2.45) is 17.6 Å². The molecule has 2 heteroatoms. The summed E-state index contributed by atoms with van der Waals surface area (Å²) in [5, 5.41) is 0. The van der Waals surface area contributed by atoms with Gasteiger partial charge in [0, 0.05) is 10.6 Å². The van der Waals surface area contributed by atoms with Crippen molar-refractivity contribution in [3.8, 4) is 0 Å². The van der Waals surface area contributed by atoms with Gasteiger partial charge >= 0.3 is 0 Å². The van der Waals surface area contributed by atoms with E-state index in [9.17, 15) is 0 Å². The van der Waals surface area contributed by atoms with E-state index in [2.05, 4.69) is 24.3 Å². The normalized spacial score (nSPS) is 31.7. The zero-order valence-electron chi connectivity index (χ0n) is 10.3. The van der Waals surface area contributed by atoms with E-state index in [1.165, 1.54) is 36.3 Å². The van der Waals surface area contributed by atoms with Crippen LogP contribution < -0.4 is 5.73 Å². The molecular formula is C15H21NS. The van der Waals surface area contributed by atoms with E-state index in [1.807, 2.05) is 11.8 Å². The quantitative estimate of drug-likeness (QED) is 0.882. The molecule has 0 spiro atoms. The topological polar surface area (TPSA) is 26.0 Å². The number of hydrogen-bond donors (Lipinski definition) is 1. The molecule has 2 aliphatic rings. The summed E-state index contributed by atoms with van der Waals surface area (Å²) in [5.74, 6) is 3.76. The lowest BCUT2D eigenvalue weighted by atomic mass is 9.84. The molecule has 92 valence electrons. The minimum Gasteiger partial charge on any atom is -0.330 e. The van der Waals surface area contributed by atoms with E-state index in [4.69, 9.17) is 5.73 Å². The largest absolute Gasteiger partial charge is 0.330 e. The van der Waals surface area contributed by atoms with Gasteiger partial charge in [0.2, 0.25) is 0 Å². The first kappa shape index (κ1) is 11.6. The van der Waals surface area contributed by atoms with Gasteiger partial charge in [0.15, 0.2) is 0 Å². The van der Waals surface area contributed by atoms with Crippen molar-refractivity contribution in [2.75, 3.05) is 12.3 Å². The Hall–Kier alpha value is -0.470. The summed E-state index contributed by atoms with van der Waals surface area (Å²) in [7, 11) is 0. The molecule has 1 saturated carbocycles. The molecule has 0 aromatic heterocycles. The van der Waals surface area contributed by atoms with Crippen molar-refractivity contribution < 1.29 is 0 Å². The average molecular weight is 247 g/mol. The first-order chi connectivity index (χ1) is 8.38. The molecular weight excluding hydrogens is 226 g/mol. The van der Waals surface area contributed by atoms with Gasteiger partial charge in [0.05, 0.1) is 0 Å². The Labute approximate surface area is 108 Å². The number of benzene rings is 1. The van der Waals surface area contributed by atoms with Crippen LogP contribution in [0.5, 0.6) is 0 Å². The first-order valence-electron chi connectivity index (χ1n) is 6.80. The standard InChI is InChI=1S/C15H21NS/c16-9-12-5-3-4-11(12)8-13-10-17-15-7-2-1-6-14(13)15/h1-2,6-7,11-13H,3-5,8-10,16H2. The molecule has 1 fully saturated rings. The molecule has 0 bridgehead atoms. The molecule has 1 aliphatic carbocycles.